The zero-order valence-corrected chi connectivity index (χ0v) is 18.9. The number of benzene rings is 1. The monoisotopic (exact) mass is 461 g/mol. The lowest BCUT2D eigenvalue weighted by atomic mass is 9.97. The molecule has 1 aliphatic heterocycles. The van der Waals surface area contributed by atoms with E-state index in [9.17, 15) is 18.0 Å². The number of sulfonamides is 1. The molecule has 1 saturated heterocycles. The van der Waals surface area contributed by atoms with Crippen LogP contribution in [0.2, 0.25) is 0 Å². The van der Waals surface area contributed by atoms with Crippen LogP contribution in [-0.2, 0) is 14.8 Å². The van der Waals surface area contributed by atoms with Crippen LogP contribution in [0.1, 0.15) is 36.9 Å². The number of hydrogen-bond acceptors (Lipinski definition) is 6. The largest absolute Gasteiger partial charge is 0.337 e. The number of urea groups is 1. The van der Waals surface area contributed by atoms with Crippen LogP contribution in [0.15, 0.2) is 33.7 Å². The van der Waals surface area contributed by atoms with E-state index in [1.54, 1.807) is 18.7 Å². The molecule has 2 fully saturated rings. The Morgan fingerprint density at radius 2 is 1.84 bits per heavy atom. The van der Waals surface area contributed by atoms with Crippen molar-refractivity contribution < 1.29 is 22.5 Å². The van der Waals surface area contributed by atoms with Crippen molar-refractivity contribution in [3.8, 4) is 0 Å². The number of hydrogen-bond donors (Lipinski definition) is 3. The molecule has 0 spiro atoms. The quantitative estimate of drug-likeness (QED) is 0.605. The number of amides is 3. The second-order valence-corrected chi connectivity index (χ2v) is 10.0. The molecule has 11 heteroatoms. The number of rotatable bonds is 6. The second-order valence-electron chi connectivity index (χ2n) is 8.35. The maximum Gasteiger partial charge on any atom is 0.317 e. The molecule has 0 radical (unpaired) electrons. The summed E-state index contributed by atoms with van der Waals surface area (Å²) in [6.07, 6.45) is 3.50. The van der Waals surface area contributed by atoms with Gasteiger partial charge in [-0.25, -0.2) is 17.9 Å². The Kier molecular flexibility index (Phi) is 6.09. The molecule has 1 aliphatic carbocycles. The minimum absolute atomic E-state index is 0.0320. The number of carbonyl (C=O) groups is 2. The molecule has 3 N–H and O–H groups in total. The van der Waals surface area contributed by atoms with Crippen LogP contribution in [0.5, 0.6) is 0 Å². The fourth-order valence-corrected chi connectivity index (χ4v) is 4.57. The summed E-state index contributed by atoms with van der Waals surface area (Å²) in [6.45, 7) is 4.45. The molecular weight excluding hydrogens is 434 g/mol. The molecular formula is C21H27N5O5S. The summed E-state index contributed by atoms with van der Waals surface area (Å²) in [5.41, 5.74) is 1.71. The number of anilines is 2. The minimum Gasteiger partial charge on any atom is -0.337 e. The van der Waals surface area contributed by atoms with Gasteiger partial charge in [-0.05, 0) is 63.8 Å². The molecule has 1 atom stereocenters. The van der Waals surface area contributed by atoms with Crippen molar-refractivity contribution in [2.75, 3.05) is 23.1 Å². The highest BCUT2D eigenvalue weighted by Gasteiger charge is 2.31. The van der Waals surface area contributed by atoms with E-state index in [0.717, 1.165) is 19.3 Å². The summed E-state index contributed by atoms with van der Waals surface area (Å²) >= 11 is 0. The third-order valence-electron chi connectivity index (χ3n) is 5.80. The second kappa shape index (κ2) is 8.81. The molecule has 172 valence electrons. The van der Waals surface area contributed by atoms with Crippen molar-refractivity contribution in [2.24, 2.45) is 5.92 Å². The van der Waals surface area contributed by atoms with Gasteiger partial charge in [-0.15, -0.1) is 0 Å². The van der Waals surface area contributed by atoms with Gasteiger partial charge in [-0.1, -0.05) is 5.16 Å². The third kappa shape index (κ3) is 5.04. The summed E-state index contributed by atoms with van der Waals surface area (Å²) in [5, 5.41) is 9.52. The number of nitrogens with one attached hydrogen (secondary N) is 3. The topological polar surface area (TPSA) is 134 Å². The zero-order valence-electron chi connectivity index (χ0n) is 18.1. The van der Waals surface area contributed by atoms with E-state index >= 15 is 0 Å². The van der Waals surface area contributed by atoms with Crippen molar-refractivity contribution in [1.29, 1.82) is 0 Å². The summed E-state index contributed by atoms with van der Waals surface area (Å²) in [5.74, 6) is -0.417. The van der Waals surface area contributed by atoms with E-state index in [1.807, 2.05) is 0 Å². The standard InChI is InChI=1S/C21H27N5O5S/c1-13-14(2)24-31-20(13)25-32(29,30)18-9-7-16(8-10-18)22-19(27)15-4-3-11-26(12-15)21(28)23-17-5-6-17/h7-10,15,17,25H,3-6,11-12H2,1-2H3,(H,22,27)(H,23,28). The van der Waals surface area contributed by atoms with Crippen LogP contribution in [-0.4, -0.2) is 49.5 Å². The van der Waals surface area contributed by atoms with Gasteiger partial charge in [0, 0.05) is 30.4 Å². The Hall–Kier alpha value is -3.08. The van der Waals surface area contributed by atoms with Crippen LogP contribution < -0.4 is 15.4 Å². The normalized spacial score (nSPS) is 18.8. The van der Waals surface area contributed by atoms with Crippen molar-refractivity contribution in [3.05, 3.63) is 35.5 Å². The Bertz CT molecular complexity index is 1110. The lowest BCUT2D eigenvalue weighted by Gasteiger charge is -2.32. The van der Waals surface area contributed by atoms with Crippen molar-refractivity contribution in [3.63, 3.8) is 0 Å². The van der Waals surface area contributed by atoms with E-state index in [0.29, 0.717) is 36.5 Å². The van der Waals surface area contributed by atoms with E-state index < -0.39 is 10.0 Å². The zero-order chi connectivity index (χ0) is 22.9. The van der Waals surface area contributed by atoms with Crippen molar-refractivity contribution in [1.82, 2.24) is 15.4 Å². The van der Waals surface area contributed by atoms with Crippen LogP contribution in [0, 0.1) is 19.8 Å². The lowest BCUT2D eigenvalue weighted by Crippen LogP contribution is -2.48. The molecule has 4 rings (SSSR count). The summed E-state index contributed by atoms with van der Waals surface area (Å²) in [6, 6.07) is 6.05. The summed E-state index contributed by atoms with van der Waals surface area (Å²) in [4.78, 5) is 26.7. The molecule has 32 heavy (non-hydrogen) atoms. The van der Waals surface area contributed by atoms with Gasteiger partial charge in [0.1, 0.15) is 0 Å². The molecule has 2 heterocycles. The first kappa shape index (κ1) is 22.1. The van der Waals surface area contributed by atoms with Gasteiger partial charge in [0.15, 0.2) is 0 Å². The fraction of sp³-hybridized carbons (Fsp3) is 0.476. The Morgan fingerprint density at radius 1 is 1.12 bits per heavy atom. The minimum atomic E-state index is -3.86. The van der Waals surface area contributed by atoms with E-state index in [4.69, 9.17) is 4.52 Å². The van der Waals surface area contributed by atoms with E-state index in [2.05, 4.69) is 20.5 Å². The first-order valence-electron chi connectivity index (χ1n) is 10.6. The van der Waals surface area contributed by atoms with Crippen molar-refractivity contribution in [2.45, 2.75) is 50.5 Å². The van der Waals surface area contributed by atoms with Gasteiger partial charge in [0.2, 0.25) is 11.8 Å². The van der Waals surface area contributed by atoms with Gasteiger partial charge >= 0.3 is 6.03 Å². The number of piperidine rings is 1. The maximum atomic E-state index is 12.7. The number of carbonyl (C=O) groups excluding carboxylic acids is 2. The van der Waals surface area contributed by atoms with Gasteiger partial charge in [-0.3, -0.25) is 4.79 Å². The van der Waals surface area contributed by atoms with Crippen molar-refractivity contribution >= 4 is 33.5 Å². The predicted molar refractivity (Wildman–Crippen MR) is 118 cm³/mol. The molecule has 1 saturated carbocycles. The Labute approximate surface area is 186 Å². The smallest absolute Gasteiger partial charge is 0.317 e. The van der Waals surface area contributed by atoms with Crippen LogP contribution in [0.3, 0.4) is 0 Å². The summed E-state index contributed by atoms with van der Waals surface area (Å²) < 4.78 is 32.6. The number of nitrogens with zero attached hydrogens (tertiary/aromatic N) is 2. The average molecular weight is 462 g/mol. The van der Waals surface area contributed by atoms with Gasteiger partial charge < -0.3 is 20.1 Å². The molecule has 1 aromatic heterocycles. The number of aromatic nitrogens is 1. The van der Waals surface area contributed by atoms with Gasteiger partial charge in [0.05, 0.1) is 16.5 Å². The molecule has 1 aromatic carbocycles. The Balaban J connectivity index is 1.36. The third-order valence-corrected chi connectivity index (χ3v) is 7.15. The first-order chi connectivity index (χ1) is 15.2. The van der Waals surface area contributed by atoms with Gasteiger partial charge in [-0.2, -0.15) is 0 Å². The Morgan fingerprint density at radius 3 is 2.47 bits per heavy atom. The number of aryl methyl sites for hydroxylation is 1. The summed E-state index contributed by atoms with van der Waals surface area (Å²) in [7, 11) is -3.86. The van der Waals surface area contributed by atoms with Crippen LogP contribution >= 0.6 is 0 Å². The average Bonchev–Trinajstić information content (AvgIpc) is 3.54. The molecule has 10 nitrogen and oxygen atoms in total. The molecule has 2 aromatic rings. The molecule has 2 aliphatic rings. The first-order valence-corrected chi connectivity index (χ1v) is 12.1. The predicted octanol–water partition coefficient (Wildman–Crippen LogP) is 2.61. The maximum absolute atomic E-state index is 12.7. The van der Waals surface area contributed by atoms with Crippen LogP contribution in [0.25, 0.3) is 0 Å². The SMILES string of the molecule is Cc1noc(NS(=O)(=O)c2ccc(NC(=O)C3CCCN(C(=O)NC4CC4)C3)cc2)c1C. The molecule has 0 bridgehead atoms. The molecule has 1 unspecified atom stereocenters. The molecule has 3 amide bonds. The van der Waals surface area contributed by atoms with E-state index in [-0.39, 0.29) is 34.7 Å². The van der Waals surface area contributed by atoms with E-state index in [1.165, 1.54) is 24.3 Å². The highest BCUT2D eigenvalue weighted by atomic mass is 32.2. The fourth-order valence-electron chi connectivity index (χ4n) is 3.52. The highest BCUT2D eigenvalue weighted by Crippen LogP contribution is 2.24. The lowest BCUT2D eigenvalue weighted by molar-refractivity contribution is -0.121. The van der Waals surface area contributed by atoms with Crippen LogP contribution in [0.4, 0.5) is 16.4 Å². The number of likely N-dealkylation sites (tertiary alicyclic amines) is 1. The highest BCUT2D eigenvalue weighted by molar-refractivity contribution is 7.92. The van der Waals surface area contributed by atoms with Gasteiger partial charge in [0.25, 0.3) is 10.0 Å².